The van der Waals surface area contributed by atoms with Crippen molar-refractivity contribution < 1.29 is 64.6 Å². The Bertz CT molecular complexity index is 1160. The Hall–Kier alpha value is -1.53. The first-order chi connectivity index (χ1) is 30.6. The first kappa shape index (κ1) is 57.6. The van der Waals surface area contributed by atoms with Crippen molar-refractivity contribution in [3.05, 3.63) is 24.3 Å². The van der Waals surface area contributed by atoms with Crippen LogP contribution in [0.2, 0.25) is 0 Å². The summed E-state index contributed by atoms with van der Waals surface area (Å²) >= 11 is 0. The van der Waals surface area contributed by atoms with Gasteiger partial charge in [0.1, 0.15) is 48.8 Å². The summed E-state index contributed by atoms with van der Waals surface area (Å²) < 4.78 is 22.7. The highest BCUT2D eigenvalue weighted by molar-refractivity contribution is 5.76. The van der Waals surface area contributed by atoms with E-state index in [2.05, 4.69) is 31.3 Å². The third-order valence-corrected chi connectivity index (χ3v) is 12.4. The lowest BCUT2D eigenvalue weighted by molar-refractivity contribution is -0.359. The molecule has 0 aliphatic carbocycles. The van der Waals surface area contributed by atoms with Gasteiger partial charge in [-0.15, -0.1) is 0 Å². The van der Waals surface area contributed by atoms with E-state index < -0.39 is 86.8 Å². The summed E-state index contributed by atoms with van der Waals surface area (Å²) in [6, 6.07) is -0.912. The molecule has 14 nitrogen and oxygen atoms in total. The van der Waals surface area contributed by atoms with Crippen molar-refractivity contribution in [1.29, 1.82) is 0 Å². The van der Waals surface area contributed by atoms with Crippen molar-refractivity contribution in [3.8, 4) is 0 Å². The molecule has 2 heterocycles. The van der Waals surface area contributed by atoms with Crippen LogP contribution < -0.4 is 5.32 Å². The fraction of sp³-hybridized carbons (Fsp3) is 0.898. The molecule has 2 aliphatic heterocycles. The Morgan fingerprint density at radius 1 is 0.556 bits per heavy atom. The molecule has 0 saturated carbocycles. The zero-order valence-corrected chi connectivity index (χ0v) is 39.1. The molecular weight excluding hydrogens is 811 g/mol. The number of rotatable bonds is 38. The summed E-state index contributed by atoms with van der Waals surface area (Å²) in [5, 5.41) is 86.6. The second-order valence-electron chi connectivity index (χ2n) is 17.9. The van der Waals surface area contributed by atoms with Gasteiger partial charge in [0.15, 0.2) is 12.6 Å². The smallest absolute Gasteiger partial charge is 0.220 e. The highest BCUT2D eigenvalue weighted by Gasteiger charge is 2.51. The van der Waals surface area contributed by atoms with E-state index in [0.29, 0.717) is 6.42 Å². The maximum absolute atomic E-state index is 13.1. The molecule has 9 N–H and O–H groups in total. The quantitative estimate of drug-likeness (QED) is 0.0250. The zero-order valence-electron chi connectivity index (χ0n) is 39.1. The van der Waals surface area contributed by atoms with Gasteiger partial charge in [0.25, 0.3) is 0 Å². The summed E-state index contributed by atoms with van der Waals surface area (Å²) in [6.45, 7) is 2.76. The Labute approximate surface area is 379 Å². The van der Waals surface area contributed by atoms with E-state index in [1.165, 1.54) is 116 Å². The van der Waals surface area contributed by atoms with Crippen molar-refractivity contribution in [1.82, 2.24) is 5.32 Å². The average molecular weight is 902 g/mol. The number of hydrogen-bond acceptors (Lipinski definition) is 13. The van der Waals surface area contributed by atoms with E-state index in [9.17, 15) is 45.6 Å². The fourth-order valence-electron chi connectivity index (χ4n) is 8.23. The molecule has 0 aromatic carbocycles. The molecule has 63 heavy (non-hydrogen) atoms. The molecule has 1 amide bonds. The number of aliphatic hydroxyl groups excluding tert-OH is 8. The van der Waals surface area contributed by atoms with Gasteiger partial charge in [-0.25, -0.2) is 0 Å². The third kappa shape index (κ3) is 24.2. The molecule has 0 radical (unpaired) electrons. The van der Waals surface area contributed by atoms with Crippen molar-refractivity contribution >= 4 is 5.91 Å². The summed E-state index contributed by atoms with van der Waals surface area (Å²) in [5.41, 5.74) is 0. The number of amides is 1. The fourth-order valence-corrected chi connectivity index (χ4v) is 8.23. The van der Waals surface area contributed by atoms with Gasteiger partial charge in [0, 0.05) is 6.42 Å². The van der Waals surface area contributed by atoms with Crippen LogP contribution in [0.4, 0.5) is 0 Å². The second kappa shape index (κ2) is 36.6. The molecule has 2 saturated heterocycles. The Morgan fingerprint density at radius 3 is 1.51 bits per heavy atom. The minimum Gasteiger partial charge on any atom is -0.394 e. The van der Waals surface area contributed by atoms with Crippen LogP contribution in [-0.2, 0) is 23.7 Å². The second-order valence-corrected chi connectivity index (χ2v) is 17.9. The van der Waals surface area contributed by atoms with Gasteiger partial charge >= 0.3 is 0 Å². The standard InChI is InChI=1S/C49H91NO13/c1-3-5-7-9-11-13-15-16-17-18-19-20-21-23-25-27-29-31-33-41(54)50-37(38(53)32-30-28-26-24-22-14-12-10-8-6-4-2)36-60-48-46(59)44(57)47(40(35-52)62-48)63-49-45(58)43(56)42(55)39(34-51)61-49/h17-18,30,32,37-40,42-49,51-53,55-59H,3-16,19-29,31,33-36H2,1-2H3,(H,50,54)/b18-17-,32-30+. The van der Waals surface area contributed by atoms with E-state index in [1.807, 2.05) is 6.08 Å². The van der Waals surface area contributed by atoms with Gasteiger partial charge in [0.05, 0.1) is 32.0 Å². The molecule has 0 aromatic rings. The third-order valence-electron chi connectivity index (χ3n) is 12.4. The van der Waals surface area contributed by atoms with Crippen LogP contribution in [-0.4, -0.2) is 140 Å². The summed E-state index contributed by atoms with van der Waals surface area (Å²) in [6.07, 6.45) is 22.2. The number of carbonyl (C=O) groups excluding carboxylic acids is 1. The predicted molar refractivity (Wildman–Crippen MR) is 245 cm³/mol. The molecule has 2 aliphatic rings. The molecule has 2 fully saturated rings. The topological polar surface area (TPSA) is 228 Å². The van der Waals surface area contributed by atoms with Crippen LogP contribution in [0.5, 0.6) is 0 Å². The molecule has 370 valence electrons. The van der Waals surface area contributed by atoms with Gasteiger partial charge < -0.3 is 65.1 Å². The highest BCUT2D eigenvalue weighted by atomic mass is 16.7. The van der Waals surface area contributed by atoms with E-state index >= 15 is 0 Å². The van der Waals surface area contributed by atoms with Crippen LogP contribution in [0.25, 0.3) is 0 Å². The monoisotopic (exact) mass is 902 g/mol. The summed E-state index contributed by atoms with van der Waals surface area (Å²) in [7, 11) is 0. The van der Waals surface area contributed by atoms with E-state index in [0.717, 1.165) is 44.9 Å². The Kier molecular flexibility index (Phi) is 33.4. The first-order valence-electron chi connectivity index (χ1n) is 25.1. The molecule has 0 aromatic heterocycles. The SMILES string of the molecule is CCCCCCCCC/C=C\CCCCCCCCCC(=O)NC(COC1OC(CO)C(OC2OC(CO)C(O)C(O)C2O)C(O)C1O)C(O)/C=C/CCCCCCCCCCC. The maximum Gasteiger partial charge on any atom is 0.220 e. The number of aliphatic hydroxyl groups is 8. The van der Waals surface area contributed by atoms with E-state index in [1.54, 1.807) is 6.08 Å². The number of allylic oxidation sites excluding steroid dienone is 3. The predicted octanol–water partition coefficient (Wildman–Crippen LogP) is 6.16. The molecule has 2 rings (SSSR count). The number of nitrogens with one attached hydrogen (secondary N) is 1. The highest BCUT2D eigenvalue weighted by Crippen LogP contribution is 2.30. The molecule has 0 bridgehead atoms. The van der Waals surface area contributed by atoms with Crippen molar-refractivity contribution in [3.63, 3.8) is 0 Å². The van der Waals surface area contributed by atoms with Crippen LogP contribution >= 0.6 is 0 Å². The molecular formula is C49H91NO13. The van der Waals surface area contributed by atoms with Crippen molar-refractivity contribution in [2.24, 2.45) is 0 Å². The lowest BCUT2D eigenvalue weighted by Crippen LogP contribution is -2.65. The van der Waals surface area contributed by atoms with Crippen LogP contribution in [0.3, 0.4) is 0 Å². The number of ether oxygens (including phenoxy) is 4. The zero-order chi connectivity index (χ0) is 46.1. The van der Waals surface area contributed by atoms with Gasteiger partial charge in [-0.05, 0) is 44.9 Å². The Balaban J connectivity index is 1.84. The Morgan fingerprint density at radius 2 is 1.00 bits per heavy atom. The van der Waals surface area contributed by atoms with Crippen LogP contribution in [0.15, 0.2) is 24.3 Å². The minimum absolute atomic E-state index is 0.246. The van der Waals surface area contributed by atoms with Crippen molar-refractivity contribution in [2.45, 2.75) is 261 Å². The normalized spacial score (nSPS) is 27.7. The number of carbonyl (C=O) groups is 1. The van der Waals surface area contributed by atoms with Crippen LogP contribution in [0.1, 0.15) is 187 Å². The van der Waals surface area contributed by atoms with Gasteiger partial charge in [-0.3, -0.25) is 4.79 Å². The molecule has 12 atom stereocenters. The minimum atomic E-state index is -1.79. The maximum atomic E-state index is 13.1. The van der Waals surface area contributed by atoms with Gasteiger partial charge in [-0.2, -0.15) is 0 Å². The van der Waals surface area contributed by atoms with Gasteiger partial charge in [-0.1, -0.05) is 160 Å². The number of hydrogen-bond donors (Lipinski definition) is 9. The van der Waals surface area contributed by atoms with Crippen LogP contribution in [0, 0.1) is 0 Å². The lowest BCUT2D eigenvalue weighted by atomic mass is 9.97. The van der Waals surface area contributed by atoms with Gasteiger partial charge in [0.2, 0.25) is 5.91 Å². The molecule has 14 heteroatoms. The summed E-state index contributed by atoms with van der Waals surface area (Å²) in [4.78, 5) is 13.1. The summed E-state index contributed by atoms with van der Waals surface area (Å²) in [5.74, 6) is -0.246. The largest absolute Gasteiger partial charge is 0.394 e. The number of unbranched alkanes of at least 4 members (excludes halogenated alkanes) is 23. The lowest BCUT2D eigenvalue weighted by Gasteiger charge is -2.46. The van der Waals surface area contributed by atoms with E-state index in [-0.39, 0.29) is 18.9 Å². The first-order valence-corrected chi connectivity index (χ1v) is 25.1. The molecule has 0 spiro atoms. The van der Waals surface area contributed by atoms with E-state index in [4.69, 9.17) is 18.9 Å². The molecule has 12 unspecified atom stereocenters. The van der Waals surface area contributed by atoms with Crippen molar-refractivity contribution in [2.75, 3.05) is 19.8 Å². The average Bonchev–Trinajstić information content (AvgIpc) is 3.28.